The average Bonchev–Trinajstić information content (AvgIpc) is 2.64. The summed E-state index contributed by atoms with van der Waals surface area (Å²) in [6, 6.07) is 0. The van der Waals surface area contributed by atoms with E-state index in [4.69, 9.17) is 4.74 Å². The molecule has 3 unspecified atom stereocenters. The number of carbonyl (C=O) groups excluding carboxylic acids is 1. The van der Waals surface area contributed by atoms with E-state index < -0.39 is 2.14 Å². The van der Waals surface area contributed by atoms with Gasteiger partial charge in [0.15, 0.2) is 0 Å². The minimum absolute atomic E-state index is 0.0260. The molecule has 0 aromatic rings. The van der Waals surface area contributed by atoms with Crippen molar-refractivity contribution >= 4 is 69.7 Å². The zero-order chi connectivity index (χ0) is 12.0. The lowest BCUT2D eigenvalue weighted by molar-refractivity contribution is -0.143. The molecule has 15 heavy (non-hydrogen) atoms. The van der Waals surface area contributed by atoms with E-state index in [1.165, 1.54) is 7.11 Å². The van der Waals surface area contributed by atoms with Gasteiger partial charge >= 0.3 is 5.97 Å². The summed E-state index contributed by atoms with van der Waals surface area (Å²) in [7, 11) is 1.43. The Labute approximate surface area is 123 Å². The molecule has 1 rings (SSSR count). The van der Waals surface area contributed by atoms with Crippen molar-refractivity contribution in [3.63, 3.8) is 0 Å². The summed E-state index contributed by atoms with van der Waals surface area (Å²) in [4.78, 5) is 11.6. The van der Waals surface area contributed by atoms with Crippen LogP contribution in [0.25, 0.3) is 0 Å². The van der Waals surface area contributed by atoms with Crippen LogP contribution in [0.4, 0.5) is 0 Å². The second-order valence-electron chi connectivity index (χ2n) is 4.29. The Morgan fingerprint density at radius 1 is 1.40 bits per heavy atom. The van der Waals surface area contributed by atoms with Gasteiger partial charge < -0.3 is 4.74 Å². The number of hydrogen-bond donors (Lipinski definition) is 0. The first-order chi connectivity index (χ1) is 6.64. The third-order valence-electron chi connectivity index (χ3n) is 2.99. The van der Waals surface area contributed by atoms with Crippen molar-refractivity contribution in [2.45, 2.75) is 20.8 Å². The Bertz CT molecular complexity index is 272. The summed E-state index contributed by atoms with van der Waals surface area (Å²) < 4.78 is 4.41. The fourth-order valence-electron chi connectivity index (χ4n) is 2.00. The molecule has 1 fully saturated rings. The predicted molar refractivity (Wildman–Crippen MR) is 75.0 cm³/mol. The molecule has 0 aromatic heterocycles. The van der Waals surface area contributed by atoms with E-state index in [2.05, 4.69) is 77.6 Å². The van der Waals surface area contributed by atoms with E-state index >= 15 is 0 Å². The molecule has 1 aliphatic carbocycles. The molecular weight excluding hydrogens is 460 g/mol. The van der Waals surface area contributed by atoms with Gasteiger partial charge in [0.1, 0.15) is 2.14 Å². The van der Waals surface area contributed by atoms with Gasteiger partial charge in [-0.1, -0.05) is 77.6 Å². The second kappa shape index (κ2) is 4.58. The van der Waals surface area contributed by atoms with E-state index in [1.54, 1.807) is 0 Å². The highest BCUT2D eigenvalue weighted by atomic mass is 80.0. The lowest BCUT2D eigenvalue weighted by atomic mass is 10.1. The molecule has 0 aromatic carbocycles. The molecule has 0 N–H and O–H groups in total. The van der Waals surface area contributed by atoms with Crippen molar-refractivity contribution in [1.82, 2.24) is 0 Å². The number of rotatable bonds is 2. The first-order valence-corrected chi connectivity index (χ1v) is 7.72. The summed E-state index contributed by atoms with van der Waals surface area (Å²) >= 11 is 14.0. The molecule has 88 valence electrons. The summed E-state index contributed by atoms with van der Waals surface area (Å²) in [6.45, 7) is 4.15. The number of hydrogen-bond acceptors (Lipinski definition) is 2. The van der Waals surface area contributed by atoms with Crippen LogP contribution in [-0.2, 0) is 9.53 Å². The number of esters is 1. The lowest BCUT2D eigenvalue weighted by Gasteiger charge is -2.20. The van der Waals surface area contributed by atoms with Crippen LogP contribution >= 0.6 is 63.7 Å². The molecule has 1 aliphatic rings. The third kappa shape index (κ3) is 2.80. The number of alkyl halides is 4. The van der Waals surface area contributed by atoms with Gasteiger partial charge in [-0.3, -0.25) is 4.79 Å². The van der Waals surface area contributed by atoms with E-state index in [9.17, 15) is 4.79 Å². The van der Waals surface area contributed by atoms with E-state index in [0.717, 1.165) is 0 Å². The van der Waals surface area contributed by atoms with Gasteiger partial charge in [-0.15, -0.1) is 0 Å². The Morgan fingerprint density at radius 2 is 1.87 bits per heavy atom. The van der Waals surface area contributed by atoms with E-state index in [0.29, 0.717) is 0 Å². The average molecular weight is 472 g/mol. The molecule has 0 amide bonds. The first kappa shape index (κ1) is 14.5. The molecule has 0 aliphatic heterocycles. The van der Waals surface area contributed by atoms with Gasteiger partial charge in [0, 0.05) is 0 Å². The second-order valence-corrected chi connectivity index (χ2v) is 12.2. The molecule has 0 bridgehead atoms. The molecule has 2 nitrogen and oxygen atoms in total. The van der Waals surface area contributed by atoms with Crippen molar-refractivity contribution in [3.05, 3.63) is 0 Å². The zero-order valence-electron chi connectivity index (χ0n) is 8.56. The number of carbonyl (C=O) groups is 1. The predicted octanol–water partition coefficient (Wildman–Crippen LogP) is 4.03. The van der Waals surface area contributed by atoms with Crippen LogP contribution in [0.5, 0.6) is 0 Å². The Morgan fingerprint density at radius 3 is 2.20 bits per heavy atom. The minimum Gasteiger partial charge on any atom is -0.469 e. The standard InChI is InChI=1S/C9H12Br4O2/c1-8(2)4(5(8)7(14)15-3)6(10)9(11,12)13/h4-6H,1-3H3. The molecule has 1 saturated carbocycles. The van der Waals surface area contributed by atoms with Gasteiger partial charge in [-0.05, 0) is 11.3 Å². The number of halogens is 4. The molecule has 0 spiro atoms. The molecule has 0 radical (unpaired) electrons. The Kier molecular flexibility index (Phi) is 4.41. The maximum atomic E-state index is 11.5. The van der Waals surface area contributed by atoms with E-state index in [-0.39, 0.29) is 28.0 Å². The van der Waals surface area contributed by atoms with Crippen LogP contribution in [0.2, 0.25) is 0 Å². The van der Waals surface area contributed by atoms with Crippen molar-refractivity contribution in [3.8, 4) is 0 Å². The molecule has 0 heterocycles. The van der Waals surface area contributed by atoms with Gasteiger partial charge in [-0.2, -0.15) is 0 Å². The van der Waals surface area contributed by atoms with Crippen molar-refractivity contribution < 1.29 is 9.53 Å². The minimum atomic E-state index is -0.391. The van der Waals surface area contributed by atoms with Crippen molar-refractivity contribution in [2.24, 2.45) is 17.3 Å². The number of ether oxygens (including phenoxy) is 1. The largest absolute Gasteiger partial charge is 0.469 e. The first-order valence-electron chi connectivity index (χ1n) is 4.42. The summed E-state index contributed by atoms with van der Waals surface area (Å²) in [6.07, 6.45) is 0. The van der Waals surface area contributed by atoms with E-state index in [1.807, 2.05) is 0 Å². The summed E-state index contributed by atoms with van der Waals surface area (Å²) in [5.74, 6) is 0.0631. The number of methoxy groups -OCH3 is 1. The third-order valence-corrected chi connectivity index (χ3v) is 7.57. The van der Waals surface area contributed by atoms with Gasteiger partial charge in [0.25, 0.3) is 0 Å². The van der Waals surface area contributed by atoms with Crippen LogP contribution in [0, 0.1) is 17.3 Å². The van der Waals surface area contributed by atoms with Crippen molar-refractivity contribution in [2.75, 3.05) is 7.11 Å². The fraction of sp³-hybridized carbons (Fsp3) is 0.889. The summed E-state index contributed by atoms with van der Waals surface area (Å²) in [5.41, 5.74) is -0.0260. The molecule has 3 atom stereocenters. The van der Waals surface area contributed by atoms with Crippen molar-refractivity contribution in [1.29, 1.82) is 0 Å². The monoisotopic (exact) mass is 468 g/mol. The molecule has 0 saturated heterocycles. The highest BCUT2D eigenvalue weighted by Crippen LogP contribution is 2.65. The van der Waals surface area contributed by atoms with Gasteiger partial charge in [0.05, 0.1) is 17.9 Å². The normalized spacial score (nSPS) is 30.9. The van der Waals surface area contributed by atoms with Crippen LogP contribution < -0.4 is 0 Å². The summed E-state index contributed by atoms with van der Waals surface area (Å²) in [5, 5.41) is 0. The smallest absolute Gasteiger partial charge is 0.309 e. The maximum absolute atomic E-state index is 11.5. The quantitative estimate of drug-likeness (QED) is 0.449. The van der Waals surface area contributed by atoms with Crippen LogP contribution in [-0.4, -0.2) is 20.0 Å². The van der Waals surface area contributed by atoms with Gasteiger partial charge in [0.2, 0.25) is 0 Å². The molecular formula is C9H12Br4O2. The van der Waals surface area contributed by atoms with Crippen LogP contribution in [0.15, 0.2) is 0 Å². The fourth-order valence-corrected chi connectivity index (χ4v) is 3.85. The van der Waals surface area contributed by atoms with Crippen LogP contribution in [0.1, 0.15) is 13.8 Å². The molecule has 6 heteroatoms. The topological polar surface area (TPSA) is 26.3 Å². The van der Waals surface area contributed by atoms with Gasteiger partial charge in [-0.25, -0.2) is 0 Å². The highest BCUT2D eigenvalue weighted by Gasteiger charge is 2.67. The lowest BCUT2D eigenvalue weighted by Crippen LogP contribution is -2.22. The Hall–Kier alpha value is 1.39. The Balaban J connectivity index is 2.79. The highest BCUT2D eigenvalue weighted by molar-refractivity contribution is 9.40. The SMILES string of the molecule is COC(=O)C1C(C(Br)C(Br)(Br)Br)C1(C)C. The van der Waals surface area contributed by atoms with Crippen LogP contribution in [0.3, 0.4) is 0 Å². The zero-order valence-corrected chi connectivity index (χ0v) is 14.9. The maximum Gasteiger partial charge on any atom is 0.309 e.